The molecule has 2 amide bonds. The monoisotopic (exact) mass is 525 g/mol. The Labute approximate surface area is 195 Å². The van der Waals surface area contributed by atoms with E-state index in [9.17, 15) is 35.2 Å². The predicted octanol–water partition coefficient (Wildman–Crippen LogP) is 3.15. The molecule has 2 aliphatic heterocycles. The Morgan fingerprint density at radius 2 is 1.74 bits per heavy atom. The number of alkyl halides is 3. The lowest BCUT2D eigenvalue weighted by Crippen LogP contribution is -2.46. The van der Waals surface area contributed by atoms with Crippen LogP contribution in [0, 0.1) is 11.6 Å². The summed E-state index contributed by atoms with van der Waals surface area (Å²) in [6.07, 6.45) is -2.76. The minimum absolute atomic E-state index is 0.133. The molecule has 0 bridgehead atoms. The van der Waals surface area contributed by atoms with Crippen LogP contribution in [-0.2, 0) is 22.6 Å². The number of urea groups is 1. The molecule has 2 saturated heterocycles. The van der Waals surface area contributed by atoms with E-state index in [0.29, 0.717) is 49.9 Å². The molecule has 8 nitrogen and oxygen atoms in total. The van der Waals surface area contributed by atoms with Crippen molar-refractivity contribution in [2.24, 2.45) is 0 Å². The molecule has 0 aliphatic carbocycles. The summed E-state index contributed by atoms with van der Waals surface area (Å²) in [6, 6.07) is 0.891. The van der Waals surface area contributed by atoms with Gasteiger partial charge in [0, 0.05) is 44.0 Å². The van der Waals surface area contributed by atoms with Gasteiger partial charge in [-0.1, -0.05) is 11.3 Å². The molecule has 0 atom stereocenters. The van der Waals surface area contributed by atoms with Gasteiger partial charge in [-0.05, 0) is 25.0 Å². The summed E-state index contributed by atoms with van der Waals surface area (Å²) in [5.41, 5.74) is -0.133. The second-order valence-electron chi connectivity index (χ2n) is 8.15. The number of aromatic nitrogens is 2. The van der Waals surface area contributed by atoms with E-state index < -0.39 is 37.6 Å². The van der Waals surface area contributed by atoms with Crippen molar-refractivity contribution in [2.45, 2.75) is 36.5 Å². The Bertz CT molecular complexity index is 1200. The molecule has 2 fully saturated rings. The number of halogens is 5. The first kappa shape index (κ1) is 24.6. The molecule has 3 heterocycles. The third kappa shape index (κ3) is 4.94. The van der Waals surface area contributed by atoms with Gasteiger partial charge in [0.2, 0.25) is 10.1 Å². The molecule has 2 aliphatic rings. The fourth-order valence-corrected chi connectivity index (χ4v) is 5.59. The second-order valence-corrected chi connectivity index (χ2v) is 11.1. The molecule has 4 rings (SSSR count). The average Bonchev–Trinajstić information content (AvgIpc) is 3.38. The van der Waals surface area contributed by atoms with Crippen LogP contribution in [0.15, 0.2) is 17.0 Å². The topological polar surface area (TPSA) is 86.7 Å². The van der Waals surface area contributed by atoms with Gasteiger partial charge in [-0.25, -0.2) is 22.0 Å². The van der Waals surface area contributed by atoms with Gasteiger partial charge in [-0.3, -0.25) is 0 Å². The van der Waals surface area contributed by atoms with Crippen molar-refractivity contribution in [1.82, 2.24) is 20.0 Å². The minimum Gasteiger partial charge on any atom is -0.346 e. The van der Waals surface area contributed by atoms with Gasteiger partial charge in [0.25, 0.3) is 0 Å². The van der Waals surface area contributed by atoms with Gasteiger partial charge in [-0.2, -0.15) is 13.2 Å². The predicted molar refractivity (Wildman–Crippen MR) is 112 cm³/mol. The number of anilines is 1. The fourth-order valence-electron chi connectivity index (χ4n) is 4.09. The standard InChI is InChI=1S/C19H20F5N5O3S2/c1-34(31,32)15-9-13(20)11(8-14(15)21)10-28-6-7-29(18(28)30)12-2-4-27(5-3-12)17-26-25-16(33-17)19(22,23)24/h8-9,12H,2-7,10H2,1H3. The maximum absolute atomic E-state index is 14.4. The highest BCUT2D eigenvalue weighted by molar-refractivity contribution is 7.90. The molecule has 34 heavy (non-hydrogen) atoms. The van der Waals surface area contributed by atoms with E-state index in [1.54, 1.807) is 9.80 Å². The zero-order valence-corrected chi connectivity index (χ0v) is 19.5. The van der Waals surface area contributed by atoms with E-state index in [1.807, 2.05) is 0 Å². The number of carbonyl (C=O) groups is 1. The molecule has 0 unspecified atom stereocenters. The highest BCUT2D eigenvalue weighted by atomic mass is 32.2. The number of carbonyl (C=O) groups excluding carboxylic acids is 1. The molecule has 186 valence electrons. The van der Waals surface area contributed by atoms with Crippen LogP contribution in [0.1, 0.15) is 23.4 Å². The van der Waals surface area contributed by atoms with Gasteiger partial charge in [0.1, 0.15) is 16.5 Å². The SMILES string of the molecule is CS(=O)(=O)c1cc(F)c(CN2CCN(C3CCN(c4nnc(C(F)(F)F)s4)CC3)C2=O)cc1F. The Morgan fingerprint density at radius 1 is 1.06 bits per heavy atom. The van der Waals surface area contributed by atoms with Crippen LogP contribution in [-0.4, -0.2) is 72.9 Å². The quantitative estimate of drug-likeness (QED) is 0.558. The number of benzene rings is 1. The number of nitrogens with zero attached hydrogens (tertiary/aromatic N) is 5. The Kier molecular flexibility index (Phi) is 6.44. The van der Waals surface area contributed by atoms with Crippen molar-refractivity contribution in [3.8, 4) is 0 Å². The summed E-state index contributed by atoms with van der Waals surface area (Å²) in [7, 11) is -3.94. The summed E-state index contributed by atoms with van der Waals surface area (Å²) in [5.74, 6) is -2.00. The molecule has 0 spiro atoms. The summed E-state index contributed by atoms with van der Waals surface area (Å²) in [6.45, 7) is 1.22. The minimum atomic E-state index is -4.55. The Hall–Kier alpha value is -2.55. The van der Waals surface area contributed by atoms with Gasteiger partial charge in [0.05, 0.1) is 6.54 Å². The highest BCUT2D eigenvalue weighted by Crippen LogP contribution is 2.35. The summed E-state index contributed by atoms with van der Waals surface area (Å²) in [5, 5.41) is 5.98. The molecular weight excluding hydrogens is 505 g/mol. The maximum Gasteiger partial charge on any atom is 0.445 e. The number of rotatable bonds is 5. The summed E-state index contributed by atoms with van der Waals surface area (Å²) < 4.78 is 90.0. The zero-order valence-electron chi connectivity index (χ0n) is 17.8. The van der Waals surface area contributed by atoms with Crippen molar-refractivity contribution in [1.29, 1.82) is 0 Å². The van der Waals surface area contributed by atoms with Gasteiger partial charge >= 0.3 is 12.2 Å². The number of sulfone groups is 1. The van der Waals surface area contributed by atoms with E-state index in [1.165, 1.54) is 4.90 Å². The normalized spacial score (nSPS) is 18.3. The number of hydrogen-bond donors (Lipinski definition) is 0. The van der Waals surface area contributed by atoms with Crippen LogP contribution < -0.4 is 4.90 Å². The van der Waals surface area contributed by atoms with Crippen LogP contribution in [0.5, 0.6) is 0 Å². The third-order valence-electron chi connectivity index (χ3n) is 5.82. The summed E-state index contributed by atoms with van der Waals surface area (Å²) >= 11 is 0.473. The van der Waals surface area contributed by atoms with Crippen molar-refractivity contribution in [3.05, 3.63) is 34.3 Å². The third-order valence-corrected chi connectivity index (χ3v) is 7.96. The second kappa shape index (κ2) is 8.91. The van der Waals surface area contributed by atoms with Crippen molar-refractivity contribution >= 4 is 32.3 Å². The smallest absolute Gasteiger partial charge is 0.346 e. The average molecular weight is 526 g/mol. The molecule has 15 heteroatoms. The van der Waals surface area contributed by atoms with E-state index in [4.69, 9.17) is 0 Å². The van der Waals surface area contributed by atoms with E-state index in [-0.39, 0.29) is 35.9 Å². The molecule has 2 aromatic rings. The number of amides is 2. The lowest BCUT2D eigenvalue weighted by molar-refractivity contribution is -0.138. The van der Waals surface area contributed by atoms with Crippen LogP contribution >= 0.6 is 11.3 Å². The van der Waals surface area contributed by atoms with E-state index in [0.717, 1.165) is 12.3 Å². The van der Waals surface area contributed by atoms with E-state index in [2.05, 4.69) is 10.2 Å². The summed E-state index contributed by atoms with van der Waals surface area (Å²) in [4.78, 5) is 16.8. The van der Waals surface area contributed by atoms with Crippen molar-refractivity contribution in [3.63, 3.8) is 0 Å². The van der Waals surface area contributed by atoms with Gasteiger partial charge in [0.15, 0.2) is 9.84 Å². The lowest BCUT2D eigenvalue weighted by Gasteiger charge is -2.36. The van der Waals surface area contributed by atoms with Crippen LogP contribution in [0.25, 0.3) is 0 Å². The molecule has 0 radical (unpaired) electrons. The lowest BCUT2D eigenvalue weighted by atomic mass is 10.0. The first-order valence-corrected chi connectivity index (χ1v) is 12.9. The van der Waals surface area contributed by atoms with Crippen LogP contribution in [0.3, 0.4) is 0 Å². The largest absolute Gasteiger partial charge is 0.445 e. The zero-order chi connectivity index (χ0) is 24.8. The van der Waals surface area contributed by atoms with Crippen molar-refractivity contribution in [2.75, 3.05) is 37.3 Å². The molecule has 1 aromatic heterocycles. The molecule has 1 aromatic carbocycles. The number of hydrogen-bond acceptors (Lipinski definition) is 7. The molecule has 0 saturated carbocycles. The Morgan fingerprint density at radius 3 is 2.32 bits per heavy atom. The molecule has 0 N–H and O–H groups in total. The fraction of sp³-hybridized carbons (Fsp3) is 0.526. The van der Waals surface area contributed by atoms with Crippen LogP contribution in [0.4, 0.5) is 31.9 Å². The van der Waals surface area contributed by atoms with Crippen molar-refractivity contribution < 1.29 is 35.2 Å². The first-order valence-electron chi connectivity index (χ1n) is 10.2. The van der Waals surface area contributed by atoms with E-state index >= 15 is 0 Å². The van der Waals surface area contributed by atoms with Gasteiger partial charge in [-0.15, -0.1) is 10.2 Å². The maximum atomic E-state index is 14.4. The number of piperidine rings is 1. The first-order chi connectivity index (χ1) is 15.8. The highest BCUT2D eigenvalue weighted by Gasteiger charge is 2.38. The van der Waals surface area contributed by atoms with Gasteiger partial charge < -0.3 is 14.7 Å². The Balaban J connectivity index is 1.37. The van der Waals surface area contributed by atoms with Crippen LogP contribution in [0.2, 0.25) is 0 Å². The molecular formula is C19H20F5N5O3S2.